The number of methoxy groups -OCH3 is 1. The van der Waals surface area contributed by atoms with E-state index in [0.717, 1.165) is 43.4 Å². The molecule has 0 aliphatic carbocycles. The average molecular weight is 340 g/mol. The first kappa shape index (κ1) is 17.5. The standard InChI is InChI=1S/C20H24N2O3/c1-24-20(23)18-7-5-15(6-8-18)14-25-19-4-2-3-16(9-19)10-21-11-17-12-22-13-17/h2-9,17,21-22H,10-14H2,1H3. The summed E-state index contributed by atoms with van der Waals surface area (Å²) in [5.74, 6) is 1.28. The predicted octanol–water partition coefficient (Wildman–Crippen LogP) is 2.36. The van der Waals surface area contributed by atoms with Crippen molar-refractivity contribution in [1.82, 2.24) is 10.6 Å². The molecular formula is C20H24N2O3. The van der Waals surface area contributed by atoms with Gasteiger partial charge in [0.1, 0.15) is 12.4 Å². The summed E-state index contributed by atoms with van der Waals surface area (Å²) in [6.07, 6.45) is 0. The minimum atomic E-state index is -0.328. The average Bonchev–Trinajstić information content (AvgIpc) is 2.62. The number of ether oxygens (including phenoxy) is 2. The van der Waals surface area contributed by atoms with Crippen LogP contribution in [0.3, 0.4) is 0 Å². The molecule has 1 aliphatic rings. The van der Waals surface area contributed by atoms with Crippen molar-refractivity contribution in [3.8, 4) is 5.75 Å². The van der Waals surface area contributed by atoms with E-state index in [2.05, 4.69) is 22.8 Å². The number of hydrogen-bond acceptors (Lipinski definition) is 5. The van der Waals surface area contributed by atoms with Crippen molar-refractivity contribution >= 4 is 5.97 Å². The summed E-state index contributed by atoms with van der Waals surface area (Å²) in [6.45, 7) is 4.59. The first-order valence-electron chi connectivity index (χ1n) is 8.55. The molecule has 0 bridgehead atoms. The normalized spacial score (nSPS) is 14.0. The van der Waals surface area contributed by atoms with Gasteiger partial charge in [-0.25, -0.2) is 4.79 Å². The topological polar surface area (TPSA) is 59.6 Å². The number of hydrogen-bond donors (Lipinski definition) is 2. The lowest BCUT2D eigenvalue weighted by atomic mass is 10.0. The van der Waals surface area contributed by atoms with E-state index < -0.39 is 0 Å². The number of esters is 1. The molecule has 132 valence electrons. The SMILES string of the molecule is COC(=O)c1ccc(COc2cccc(CNCC3CNC3)c2)cc1. The lowest BCUT2D eigenvalue weighted by Gasteiger charge is -2.27. The molecule has 0 atom stereocenters. The van der Waals surface area contributed by atoms with Gasteiger partial charge in [-0.3, -0.25) is 0 Å². The molecule has 0 amide bonds. The van der Waals surface area contributed by atoms with Crippen LogP contribution >= 0.6 is 0 Å². The van der Waals surface area contributed by atoms with Gasteiger partial charge in [0.05, 0.1) is 12.7 Å². The zero-order valence-corrected chi connectivity index (χ0v) is 14.5. The second-order valence-electron chi connectivity index (χ2n) is 6.28. The third-order valence-electron chi connectivity index (χ3n) is 4.31. The van der Waals surface area contributed by atoms with E-state index in [0.29, 0.717) is 12.2 Å². The van der Waals surface area contributed by atoms with E-state index >= 15 is 0 Å². The van der Waals surface area contributed by atoms with Crippen molar-refractivity contribution in [2.24, 2.45) is 5.92 Å². The van der Waals surface area contributed by atoms with Gasteiger partial charge in [-0.15, -0.1) is 0 Å². The van der Waals surface area contributed by atoms with Gasteiger partial charge < -0.3 is 20.1 Å². The van der Waals surface area contributed by atoms with E-state index in [9.17, 15) is 4.79 Å². The van der Waals surface area contributed by atoms with Crippen LogP contribution in [0.5, 0.6) is 5.75 Å². The fraction of sp³-hybridized carbons (Fsp3) is 0.350. The first-order chi connectivity index (χ1) is 12.2. The number of rotatable bonds is 8. The quantitative estimate of drug-likeness (QED) is 0.723. The lowest BCUT2D eigenvalue weighted by Crippen LogP contribution is -2.47. The van der Waals surface area contributed by atoms with Gasteiger partial charge in [-0.05, 0) is 41.3 Å². The van der Waals surface area contributed by atoms with Crippen LogP contribution < -0.4 is 15.4 Å². The molecule has 5 heteroatoms. The molecule has 2 N–H and O–H groups in total. The van der Waals surface area contributed by atoms with Crippen LogP contribution in [-0.4, -0.2) is 32.7 Å². The molecular weight excluding hydrogens is 316 g/mol. The smallest absolute Gasteiger partial charge is 0.337 e. The predicted molar refractivity (Wildman–Crippen MR) is 96.6 cm³/mol. The summed E-state index contributed by atoms with van der Waals surface area (Å²) >= 11 is 0. The van der Waals surface area contributed by atoms with Gasteiger partial charge in [0.15, 0.2) is 0 Å². The Morgan fingerprint density at radius 3 is 2.64 bits per heavy atom. The van der Waals surface area contributed by atoms with E-state index in [1.165, 1.54) is 12.7 Å². The van der Waals surface area contributed by atoms with Gasteiger partial charge in [0.2, 0.25) is 0 Å². The molecule has 1 heterocycles. The maximum absolute atomic E-state index is 11.4. The summed E-state index contributed by atoms with van der Waals surface area (Å²) in [6, 6.07) is 15.4. The van der Waals surface area contributed by atoms with E-state index in [1.54, 1.807) is 12.1 Å². The minimum absolute atomic E-state index is 0.328. The number of carbonyl (C=O) groups is 1. The molecule has 0 saturated carbocycles. The first-order valence-corrected chi connectivity index (χ1v) is 8.55. The van der Waals surface area contributed by atoms with E-state index in [-0.39, 0.29) is 5.97 Å². The van der Waals surface area contributed by atoms with Crippen molar-refractivity contribution in [2.75, 3.05) is 26.7 Å². The zero-order valence-electron chi connectivity index (χ0n) is 14.5. The summed E-state index contributed by atoms with van der Waals surface area (Å²) < 4.78 is 10.6. The molecule has 3 rings (SSSR count). The van der Waals surface area contributed by atoms with Gasteiger partial charge in [0.25, 0.3) is 0 Å². The fourth-order valence-corrected chi connectivity index (χ4v) is 2.68. The Kier molecular flexibility index (Phi) is 6.04. The highest BCUT2D eigenvalue weighted by Crippen LogP contribution is 2.16. The highest BCUT2D eigenvalue weighted by Gasteiger charge is 2.15. The third kappa shape index (κ3) is 5.05. The second-order valence-corrected chi connectivity index (χ2v) is 6.28. The highest BCUT2D eigenvalue weighted by atomic mass is 16.5. The molecule has 0 unspecified atom stereocenters. The molecule has 1 aliphatic heterocycles. The summed E-state index contributed by atoms with van der Waals surface area (Å²) in [7, 11) is 1.38. The van der Waals surface area contributed by atoms with Crippen LogP contribution in [0, 0.1) is 5.92 Å². The Morgan fingerprint density at radius 2 is 1.96 bits per heavy atom. The highest BCUT2D eigenvalue weighted by molar-refractivity contribution is 5.89. The summed E-state index contributed by atoms with van der Waals surface area (Å²) in [5, 5.41) is 6.77. The van der Waals surface area contributed by atoms with E-state index in [4.69, 9.17) is 9.47 Å². The van der Waals surface area contributed by atoms with Crippen LogP contribution in [-0.2, 0) is 17.9 Å². The molecule has 0 aromatic heterocycles. The third-order valence-corrected chi connectivity index (χ3v) is 4.31. The minimum Gasteiger partial charge on any atom is -0.489 e. The Hall–Kier alpha value is -2.37. The largest absolute Gasteiger partial charge is 0.489 e. The molecule has 2 aromatic carbocycles. The van der Waals surface area contributed by atoms with Gasteiger partial charge >= 0.3 is 5.97 Å². The lowest BCUT2D eigenvalue weighted by molar-refractivity contribution is 0.0600. The van der Waals surface area contributed by atoms with Gasteiger partial charge in [0, 0.05) is 26.2 Å². The molecule has 1 saturated heterocycles. The van der Waals surface area contributed by atoms with Crippen LogP contribution in [0.1, 0.15) is 21.5 Å². The zero-order chi connectivity index (χ0) is 17.5. The molecule has 0 radical (unpaired) electrons. The summed E-state index contributed by atoms with van der Waals surface area (Å²) in [4.78, 5) is 11.4. The van der Waals surface area contributed by atoms with Crippen LogP contribution in [0.25, 0.3) is 0 Å². The van der Waals surface area contributed by atoms with Crippen molar-refractivity contribution in [3.63, 3.8) is 0 Å². The Balaban J connectivity index is 1.48. The number of benzene rings is 2. The van der Waals surface area contributed by atoms with Crippen molar-refractivity contribution in [2.45, 2.75) is 13.2 Å². The van der Waals surface area contributed by atoms with Crippen LogP contribution in [0.4, 0.5) is 0 Å². The maximum Gasteiger partial charge on any atom is 0.337 e. The monoisotopic (exact) mass is 340 g/mol. The Labute approximate surface area is 148 Å². The van der Waals surface area contributed by atoms with Gasteiger partial charge in [-0.1, -0.05) is 24.3 Å². The molecule has 2 aromatic rings. The second kappa shape index (κ2) is 8.65. The van der Waals surface area contributed by atoms with Crippen molar-refractivity contribution < 1.29 is 14.3 Å². The molecule has 5 nitrogen and oxygen atoms in total. The van der Waals surface area contributed by atoms with Crippen molar-refractivity contribution in [3.05, 3.63) is 65.2 Å². The van der Waals surface area contributed by atoms with Crippen molar-refractivity contribution in [1.29, 1.82) is 0 Å². The molecule has 0 spiro atoms. The Bertz CT molecular complexity index is 696. The van der Waals surface area contributed by atoms with Gasteiger partial charge in [-0.2, -0.15) is 0 Å². The van der Waals surface area contributed by atoms with Crippen LogP contribution in [0.2, 0.25) is 0 Å². The number of nitrogens with one attached hydrogen (secondary N) is 2. The molecule has 1 fully saturated rings. The Morgan fingerprint density at radius 1 is 1.16 bits per heavy atom. The fourth-order valence-electron chi connectivity index (χ4n) is 2.68. The summed E-state index contributed by atoms with van der Waals surface area (Å²) in [5.41, 5.74) is 2.76. The maximum atomic E-state index is 11.4. The molecule has 25 heavy (non-hydrogen) atoms. The van der Waals surface area contributed by atoms with Crippen LogP contribution in [0.15, 0.2) is 48.5 Å². The number of carbonyl (C=O) groups excluding carboxylic acids is 1. The van der Waals surface area contributed by atoms with E-state index in [1.807, 2.05) is 24.3 Å².